The molecular formula is C24H19F7N4O2. The summed E-state index contributed by atoms with van der Waals surface area (Å²) in [5.74, 6) is -1.45. The Labute approximate surface area is 205 Å². The lowest BCUT2D eigenvalue weighted by Gasteiger charge is -2.37. The predicted molar refractivity (Wildman–Crippen MR) is 117 cm³/mol. The molecule has 6 nitrogen and oxygen atoms in total. The minimum atomic E-state index is -5.11. The van der Waals surface area contributed by atoms with Gasteiger partial charge in [-0.2, -0.15) is 26.3 Å². The Bertz CT molecular complexity index is 1370. The summed E-state index contributed by atoms with van der Waals surface area (Å²) >= 11 is 0. The van der Waals surface area contributed by atoms with E-state index < -0.39 is 52.9 Å². The number of methoxy groups -OCH3 is 1. The highest BCUT2D eigenvalue weighted by Gasteiger charge is 2.50. The second-order valence-corrected chi connectivity index (χ2v) is 8.97. The molecule has 3 atom stereocenters. The zero-order chi connectivity index (χ0) is 26.7. The third kappa shape index (κ3) is 4.40. The number of nitrogens with zero attached hydrogens (tertiary/aromatic N) is 4. The number of ether oxygens (including phenoxy) is 1. The summed E-state index contributed by atoms with van der Waals surface area (Å²) in [6.45, 7) is 0. The highest BCUT2D eigenvalue weighted by Crippen LogP contribution is 2.52. The number of pyridine rings is 1. The van der Waals surface area contributed by atoms with Crippen molar-refractivity contribution in [2.24, 2.45) is 5.92 Å². The molecule has 0 unspecified atom stereocenters. The maximum atomic E-state index is 14.0. The summed E-state index contributed by atoms with van der Waals surface area (Å²) in [7, 11) is 1.24. The number of aromatic nitrogens is 3. The fourth-order valence-electron chi connectivity index (χ4n) is 5.29. The number of rotatable bonds is 4. The van der Waals surface area contributed by atoms with Gasteiger partial charge in [-0.15, -0.1) is 0 Å². The molecule has 0 amide bonds. The summed E-state index contributed by atoms with van der Waals surface area (Å²) in [6, 6.07) is 4.14. The predicted octanol–water partition coefficient (Wildman–Crippen LogP) is 5.54. The lowest BCUT2D eigenvalue weighted by molar-refractivity contribution is -0.145. The monoisotopic (exact) mass is 528 g/mol. The number of halogens is 7. The average Bonchev–Trinajstić information content (AvgIpc) is 3.45. The van der Waals surface area contributed by atoms with Crippen LogP contribution in [0.5, 0.6) is 5.75 Å². The van der Waals surface area contributed by atoms with E-state index in [4.69, 9.17) is 4.74 Å². The molecule has 0 radical (unpaired) electrons. The van der Waals surface area contributed by atoms with E-state index in [1.165, 1.54) is 34.9 Å². The first-order chi connectivity index (χ1) is 17.4. The van der Waals surface area contributed by atoms with Gasteiger partial charge < -0.3 is 9.64 Å². The molecule has 0 spiro atoms. The minimum Gasteiger partial charge on any atom is -0.494 e. The molecule has 196 valence electrons. The first-order valence-electron chi connectivity index (χ1n) is 11.2. The second kappa shape index (κ2) is 8.73. The van der Waals surface area contributed by atoms with Crippen LogP contribution in [0.4, 0.5) is 36.6 Å². The Morgan fingerprint density at radius 1 is 1.00 bits per heavy atom. The molecule has 1 aromatic carbocycles. The largest absolute Gasteiger partial charge is 0.494 e. The van der Waals surface area contributed by atoms with Crippen LogP contribution in [0.15, 0.2) is 47.4 Å². The van der Waals surface area contributed by atoms with Crippen LogP contribution >= 0.6 is 0 Å². The van der Waals surface area contributed by atoms with E-state index in [0.717, 1.165) is 12.1 Å². The van der Waals surface area contributed by atoms with Gasteiger partial charge in [-0.3, -0.25) is 9.36 Å². The third-order valence-electron chi connectivity index (χ3n) is 6.81. The topological polar surface area (TPSA) is 60.2 Å². The summed E-state index contributed by atoms with van der Waals surface area (Å²) in [5, 5.41) is 0. The van der Waals surface area contributed by atoms with Gasteiger partial charge in [-0.25, -0.2) is 14.4 Å². The van der Waals surface area contributed by atoms with E-state index in [2.05, 4.69) is 9.97 Å². The van der Waals surface area contributed by atoms with Crippen molar-refractivity contribution < 1.29 is 35.5 Å². The van der Waals surface area contributed by atoms with Crippen molar-refractivity contribution in [1.82, 2.24) is 14.5 Å². The number of anilines is 1. The van der Waals surface area contributed by atoms with Crippen LogP contribution in [0, 0.1) is 11.7 Å². The number of fused-ring (bicyclic) bond motifs is 2. The van der Waals surface area contributed by atoms with Crippen molar-refractivity contribution in [1.29, 1.82) is 0 Å². The number of piperidine rings is 1. The highest BCUT2D eigenvalue weighted by atomic mass is 19.4. The first-order valence-corrected chi connectivity index (χ1v) is 11.2. The maximum absolute atomic E-state index is 14.0. The SMILES string of the molecule is COc1cc(-n2c([C@@H]3[C@H]4CC[C@H](C4)N3c3cc(C(F)(F)F)cc(C(F)(F)F)n3)nccc2=O)ccc1F. The van der Waals surface area contributed by atoms with E-state index in [1.54, 1.807) is 0 Å². The molecule has 1 aliphatic carbocycles. The summed E-state index contributed by atoms with van der Waals surface area (Å²) < 4.78 is 101. The molecule has 2 fully saturated rings. The molecule has 3 heterocycles. The van der Waals surface area contributed by atoms with E-state index in [-0.39, 0.29) is 29.2 Å². The Hall–Kier alpha value is -3.64. The van der Waals surface area contributed by atoms with Crippen molar-refractivity contribution in [3.05, 3.63) is 75.8 Å². The van der Waals surface area contributed by atoms with Crippen molar-refractivity contribution in [3.63, 3.8) is 0 Å². The van der Waals surface area contributed by atoms with Gasteiger partial charge in [0, 0.05) is 24.4 Å². The van der Waals surface area contributed by atoms with Crippen LogP contribution in [-0.2, 0) is 12.4 Å². The van der Waals surface area contributed by atoms with Gasteiger partial charge in [-0.05, 0) is 49.4 Å². The van der Waals surface area contributed by atoms with E-state index >= 15 is 0 Å². The average molecular weight is 528 g/mol. The lowest BCUT2D eigenvalue weighted by atomic mass is 9.97. The molecule has 1 saturated heterocycles. The number of hydrogen-bond donors (Lipinski definition) is 0. The molecule has 5 rings (SSSR count). The van der Waals surface area contributed by atoms with Crippen LogP contribution in [0.1, 0.15) is 42.4 Å². The molecule has 2 aromatic heterocycles. The van der Waals surface area contributed by atoms with Gasteiger partial charge in [0.25, 0.3) is 5.56 Å². The van der Waals surface area contributed by atoms with Crippen molar-refractivity contribution >= 4 is 5.82 Å². The van der Waals surface area contributed by atoms with Crippen LogP contribution < -0.4 is 15.2 Å². The quantitative estimate of drug-likeness (QED) is 0.416. The molecular weight excluding hydrogens is 509 g/mol. The van der Waals surface area contributed by atoms with E-state index in [9.17, 15) is 35.5 Å². The number of alkyl halides is 6. The van der Waals surface area contributed by atoms with Gasteiger partial charge in [-0.1, -0.05) is 0 Å². The van der Waals surface area contributed by atoms with Gasteiger partial charge in [0.2, 0.25) is 0 Å². The second-order valence-electron chi connectivity index (χ2n) is 8.97. The van der Waals surface area contributed by atoms with Crippen molar-refractivity contribution in [3.8, 4) is 11.4 Å². The van der Waals surface area contributed by atoms with Gasteiger partial charge in [0.15, 0.2) is 11.6 Å². The van der Waals surface area contributed by atoms with Crippen LogP contribution in [-0.4, -0.2) is 27.7 Å². The number of benzene rings is 1. The summed E-state index contributed by atoms with van der Waals surface area (Å²) in [4.78, 5) is 22.3. The zero-order valence-electron chi connectivity index (χ0n) is 19.1. The molecule has 37 heavy (non-hydrogen) atoms. The minimum absolute atomic E-state index is 0.0195. The number of hydrogen-bond acceptors (Lipinski definition) is 5. The first kappa shape index (κ1) is 25.0. The molecule has 13 heteroatoms. The van der Waals surface area contributed by atoms with Gasteiger partial charge >= 0.3 is 12.4 Å². The van der Waals surface area contributed by atoms with E-state index in [0.29, 0.717) is 25.3 Å². The zero-order valence-corrected chi connectivity index (χ0v) is 19.1. The fraction of sp³-hybridized carbons (Fsp3) is 0.375. The molecule has 1 saturated carbocycles. The molecule has 1 aliphatic heterocycles. The van der Waals surface area contributed by atoms with Crippen LogP contribution in [0.2, 0.25) is 0 Å². The summed E-state index contributed by atoms with van der Waals surface area (Å²) in [5.41, 5.74) is -3.52. The summed E-state index contributed by atoms with van der Waals surface area (Å²) in [6.07, 6.45) is -7.29. The Morgan fingerprint density at radius 2 is 1.76 bits per heavy atom. The Kier molecular flexibility index (Phi) is 5.91. The highest BCUT2D eigenvalue weighted by molar-refractivity contribution is 5.51. The fourth-order valence-corrected chi connectivity index (χ4v) is 5.29. The smallest absolute Gasteiger partial charge is 0.433 e. The molecule has 2 bridgehead atoms. The molecule has 2 aliphatic rings. The normalized spacial score (nSPS) is 21.5. The molecule has 0 N–H and O–H groups in total. The molecule has 3 aromatic rings. The van der Waals surface area contributed by atoms with Gasteiger partial charge in [0.05, 0.1) is 24.4 Å². The van der Waals surface area contributed by atoms with Gasteiger partial charge in [0.1, 0.15) is 17.3 Å². The van der Waals surface area contributed by atoms with Crippen LogP contribution in [0.25, 0.3) is 5.69 Å². The van der Waals surface area contributed by atoms with Crippen molar-refractivity contribution in [2.45, 2.75) is 43.7 Å². The standard InChI is InChI=1S/C24H19F7N4O2/c1-37-17-11-15(4-5-16(17)25)35-20(36)6-7-32-22(35)21-12-2-3-14(8-12)34(21)19-10-13(23(26,27)28)9-18(33-19)24(29,30)31/h4-7,9-12,14,21H,2-3,8H2,1H3/t12-,14+,21-/m0/s1. The van der Waals surface area contributed by atoms with Crippen LogP contribution in [0.3, 0.4) is 0 Å². The maximum Gasteiger partial charge on any atom is 0.433 e. The van der Waals surface area contributed by atoms with Crippen molar-refractivity contribution in [2.75, 3.05) is 12.0 Å². The Balaban J connectivity index is 1.69. The third-order valence-corrected chi connectivity index (χ3v) is 6.81. The Morgan fingerprint density at radius 3 is 2.43 bits per heavy atom. The lowest BCUT2D eigenvalue weighted by Crippen LogP contribution is -2.39. The van der Waals surface area contributed by atoms with E-state index in [1.807, 2.05) is 0 Å².